The van der Waals surface area contributed by atoms with Crippen molar-refractivity contribution in [3.63, 3.8) is 0 Å². The van der Waals surface area contributed by atoms with Gasteiger partial charge in [0.1, 0.15) is 6.10 Å². The van der Waals surface area contributed by atoms with Crippen LogP contribution in [0.2, 0.25) is 0 Å². The average molecular weight is 221 g/mol. The number of benzene rings is 1. The highest BCUT2D eigenvalue weighted by Gasteiger charge is 2.16. The first-order valence-electron chi connectivity index (χ1n) is 5.64. The number of hydrogen-bond donors (Lipinski definition) is 1. The van der Waals surface area contributed by atoms with Gasteiger partial charge in [0.2, 0.25) is 0 Å². The van der Waals surface area contributed by atoms with Gasteiger partial charge in [-0.3, -0.25) is 4.79 Å². The van der Waals surface area contributed by atoms with Crippen LogP contribution in [0.5, 0.6) is 0 Å². The number of carbonyl (C=O) groups excluding carboxylic acids is 1. The van der Waals surface area contributed by atoms with Gasteiger partial charge in [0.15, 0.2) is 0 Å². The van der Waals surface area contributed by atoms with Gasteiger partial charge in [-0.05, 0) is 17.5 Å². The van der Waals surface area contributed by atoms with Crippen molar-refractivity contribution in [1.29, 1.82) is 0 Å². The number of ether oxygens (including phenoxy) is 1. The van der Waals surface area contributed by atoms with Crippen molar-refractivity contribution in [2.24, 2.45) is 5.73 Å². The van der Waals surface area contributed by atoms with Crippen molar-refractivity contribution < 1.29 is 9.53 Å². The van der Waals surface area contributed by atoms with Gasteiger partial charge in [-0.2, -0.15) is 0 Å². The predicted octanol–water partition coefficient (Wildman–Crippen LogP) is 2.55. The minimum atomic E-state index is -0.245. The summed E-state index contributed by atoms with van der Waals surface area (Å²) in [6.07, 6.45) is 1.63. The van der Waals surface area contributed by atoms with E-state index in [0.29, 0.717) is 6.54 Å². The van der Waals surface area contributed by atoms with Crippen LogP contribution < -0.4 is 5.73 Å². The first-order valence-corrected chi connectivity index (χ1v) is 5.64. The van der Waals surface area contributed by atoms with Crippen molar-refractivity contribution in [2.45, 2.75) is 39.3 Å². The Morgan fingerprint density at radius 1 is 1.44 bits per heavy atom. The largest absolute Gasteiger partial charge is 0.458 e. The van der Waals surface area contributed by atoms with Gasteiger partial charge in [-0.1, -0.05) is 37.6 Å². The molecule has 0 saturated carbocycles. The maximum absolute atomic E-state index is 11.0. The molecule has 2 N–H and O–H groups in total. The summed E-state index contributed by atoms with van der Waals surface area (Å²) in [6.45, 7) is 3.98. The lowest BCUT2D eigenvalue weighted by Crippen LogP contribution is -2.12. The Balaban J connectivity index is 2.94. The fourth-order valence-corrected chi connectivity index (χ4v) is 1.77. The molecule has 16 heavy (non-hydrogen) atoms. The molecule has 3 nitrogen and oxygen atoms in total. The Hall–Kier alpha value is -1.35. The van der Waals surface area contributed by atoms with Gasteiger partial charge < -0.3 is 10.5 Å². The lowest BCUT2D eigenvalue weighted by atomic mass is 9.99. The normalized spacial score (nSPS) is 12.2. The van der Waals surface area contributed by atoms with E-state index in [1.54, 1.807) is 0 Å². The zero-order valence-corrected chi connectivity index (χ0v) is 9.90. The molecule has 1 atom stereocenters. The van der Waals surface area contributed by atoms with Crippen LogP contribution in [-0.4, -0.2) is 5.97 Å². The molecule has 1 aromatic carbocycles. The molecule has 0 amide bonds. The Morgan fingerprint density at radius 3 is 2.69 bits per heavy atom. The molecule has 1 unspecified atom stereocenters. The van der Waals surface area contributed by atoms with E-state index in [4.69, 9.17) is 10.5 Å². The number of nitrogens with two attached hydrogens (primary N) is 1. The molecular weight excluding hydrogens is 202 g/mol. The zero-order chi connectivity index (χ0) is 12.0. The fraction of sp³-hybridized carbons (Fsp3) is 0.462. The van der Waals surface area contributed by atoms with Crippen molar-refractivity contribution in [3.8, 4) is 0 Å². The smallest absolute Gasteiger partial charge is 0.303 e. The second-order valence-electron chi connectivity index (χ2n) is 3.79. The molecule has 1 rings (SSSR count). The van der Waals surface area contributed by atoms with Crippen LogP contribution in [0.3, 0.4) is 0 Å². The summed E-state index contributed by atoms with van der Waals surface area (Å²) in [5.41, 5.74) is 7.75. The Kier molecular flexibility index (Phi) is 4.99. The molecular formula is C13H19NO2. The fourth-order valence-electron chi connectivity index (χ4n) is 1.77. The SMILES string of the molecule is CCCC(OC(C)=O)c1ccccc1CN. The van der Waals surface area contributed by atoms with E-state index in [9.17, 15) is 4.79 Å². The third kappa shape index (κ3) is 3.35. The van der Waals surface area contributed by atoms with Gasteiger partial charge in [-0.15, -0.1) is 0 Å². The lowest BCUT2D eigenvalue weighted by molar-refractivity contribution is -0.147. The van der Waals surface area contributed by atoms with Crippen LogP contribution >= 0.6 is 0 Å². The van der Waals surface area contributed by atoms with Crippen LogP contribution in [0.15, 0.2) is 24.3 Å². The molecule has 3 heteroatoms. The van der Waals surface area contributed by atoms with Gasteiger partial charge >= 0.3 is 5.97 Å². The van der Waals surface area contributed by atoms with Crippen LogP contribution in [0.25, 0.3) is 0 Å². The minimum absolute atomic E-state index is 0.165. The molecule has 1 aromatic rings. The molecule has 0 aliphatic rings. The second kappa shape index (κ2) is 6.28. The molecule has 0 spiro atoms. The highest BCUT2D eigenvalue weighted by molar-refractivity contribution is 5.66. The van der Waals surface area contributed by atoms with E-state index in [1.165, 1.54) is 6.92 Å². The van der Waals surface area contributed by atoms with Crippen molar-refractivity contribution in [2.75, 3.05) is 0 Å². The van der Waals surface area contributed by atoms with Crippen LogP contribution in [0.4, 0.5) is 0 Å². The molecule has 88 valence electrons. The average Bonchev–Trinajstić information content (AvgIpc) is 2.28. The molecule has 0 radical (unpaired) electrons. The van der Waals surface area contributed by atoms with Gasteiger partial charge in [0.25, 0.3) is 0 Å². The van der Waals surface area contributed by atoms with E-state index in [0.717, 1.165) is 24.0 Å². The van der Waals surface area contributed by atoms with Crippen molar-refractivity contribution >= 4 is 5.97 Å². The summed E-state index contributed by atoms with van der Waals surface area (Å²) in [7, 11) is 0. The number of hydrogen-bond acceptors (Lipinski definition) is 3. The summed E-state index contributed by atoms with van der Waals surface area (Å²) < 4.78 is 5.32. The molecule has 0 saturated heterocycles. The Labute approximate surface area is 96.6 Å². The maximum Gasteiger partial charge on any atom is 0.303 e. The zero-order valence-electron chi connectivity index (χ0n) is 9.90. The molecule has 0 heterocycles. The van der Waals surface area contributed by atoms with E-state index < -0.39 is 0 Å². The van der Waals surface area contributed by atoms with Crippen LogP contribution in [-0.2, 0) is 16.1 Å². The summed E-state index contributed by atoms with van der Waals surface area (Å²) >= 11 is 0. The first kappa shape index (κ1) is 12.7. The predicted molar refractivity (Wildman–Crippen MR) is 63.7 cm³/mol. The summed E-state index contributed by atoms with van der Waals surface area (Å²) in [5, 5.41) is 0. The second-order valence-corrected chi connectivity index (χ2v) is 3.79. The third-order valence-corrected chi connectivity index (χ3v) is 2.48. The third-order valence-electron chi connectivity index (χ3n) is 2.48. The lowest BCUT2D eigenvalue weighted by Gasteiger charge is -2.19. The topological polar surface area (TPSA) is 52.3 Å². The minimum Gasteiger partial charge on any atom is -0.458 e. The summed E-state index contributed by atoms with van der Waals surface area (Å²) in [5.74, 6) is -0.245. The van der Waals surface area contributed by atoms with Crippen LogP contribution in [0.1, 0.15) is 43.9 Å². The quantitative estimate of drug-likeness (QED) is 0.777. The summed E-state index contributed by atoms with van der Waals surface area (Å²) in [4.78, 5) is 11.0. The molecule has 0 aliphatic heterocycles. The van der Waals surface area contributed by atoms with E-state index in [1.807, 2.05) is 24.3 Å². The Bertz CT molecular complexity index is 350. The standard InChI is InChI=1S/C13H19NO2/c1-3-6-13(16-10(2)15)12-8-5-4-7-11(12)9-14/h4-5,7-8,13H,3,6,9,14H2,1-2H3. The molecule has 0 fully saturated rings. The van der Waals surface area contributed by atoms with E-state index in [2.05, 4.69) is 6.92 Å². The molecule has 0 aliphatic carbocycles. The molecule has 0 aromatic heterocycles. The van der Waals surface area contributed by atoms with Crippen molar-refractivity contribution in [1.82, 2.24) is 0 Å². The highest BCUT2D eigenvalue weighted by atomic mass is 16.5. The van der Waals surface area contributed by atoms with Gasteiger partial charge in [-0.25, -0.2) is 0 Å². The number of esters is 1. The highest BCUT2D eigenvalue weighted by Crippen LogP contribution is 2.25. The monoisotopic (exact) mass is 221 g/mol. The van der Waals surface area contributed by atoms with Gasteiger partial charge in [0, 0.05) is 13.5 Å². The van der Waals surface area contributed by atoms with E-state index >= 15 is 0 Å². The summed E-state index contributed by atoms with van der Waals surface area (Å²) in [6, 6.07) is 7.84. The Morgan fingerprint density at radius 2 is 2.12 bits per heavy atom. The molecule has 0 bridgehead atoms. The maximum atomic E-state index is 11.0. The van der Waals surface area contributed by atoms with Crippen LogP contribution in [0, 0.1) is 0 Å². The van der Waals surface area contributed by atoms with E-state index in [-0.39, 0.29) is 12.1 Å². The number of rotatable bonds is 5. The first-order chi connectivity index (χ1) is 7.69. The number of carbonyl (C=O) groups is 1. The van der Waals surface area contributed by atoms with Crippen molar-refractivity contribution in [3.05, 3.63) is 35.4 Å². The van der Waals surface area contributed by atoms with Gasteiger partial charge in [0.05, 0.1) is 0 Å².